The Kier molecular flexibility index (Phi) is 6.35. The molecule has 1 aliphatic rings. The van der Waals surface area contributed by atoms with E-state index in [1.807, 2.05) is 0 Å². The van der Waals surface area contributed by atoms with Crippen LogP contribution in [0.4, 0.5) is 0 Å². The van der Waals surface area contributed by atoms with E-state index in [-0.39, 0.29) is 19.0 Å². The molecule has 1 N–H and O–H groups in total. The van der Waals surface area contributed by atoms with Crippen LogP contribution in [0.2, 0.25) is 0 Å². The Bertz CT molecular complexity index is 299. The summed E-state index contributed by atoms with van der Waals surface area (Å²) in [4.78, 5) is 4.29. The zero-order chi connectivity index (χ0) is 12.7. The van der Waals surface area contributed by atoms with Gasteiger partial charge in [0.05, 0.1) is 19.0 Å². The zero-order valence-corrected chi connectivity index (χ0v) is 11.2. The van der Waals surface area contributed by atoms with Crippen LogP contribution in [-0.4, -0.2) is 81.6 Å². The molecular formula is C10H22N2O4S. The zero-order valence-electron chi connectivity index (χ0n) is 10.3. The van der Waals surface area contributed by atoms with Crippen molar-refractivity contribution in [3.8, 4) is 0 Å². The number of aliphatic hydroxyl groups excluding tert-OH is 1. The number of nitrogens with zero attached hydrogens (tertiary/aromatic N) is 2. The van der Waals surface area contributed by atoms with Crippen molar-refractivity contribution < 1.29 is 17.7 Å². The van der Waals surface area contributed by atoms with Crippen molar-refractivity contribution >= 4 is 10.1 Å². The van der Waals surface area contributed by atoms with Gasteiger partial charge in [-0.3, -0.25) is 14.0 Å². The predicted octanol–water partition coefficient (Wildman–Crippen LogP) is -1.04. The molecule has 7 heteroatoms. The van der Waals surface area contributed by atoms with Gasteiger partial charge >= 0.3 is 0 Å². The Morgan fingerprint density at radius 2 is 1.65 bits per heavy atom. The molecule has 0 atom stereocenters. The fourth-order valence-electron chi connectivity index (χ4n) is 1.86. The number of hydrogen-bond donors (Lipinski definition) is 1. The number of rotatable bonds is 7. The third-order valence-electron chi connectivity index (χ3n) is 2.84. The van der Waals surface area contributed by atoms with Gasteiger partial charge < -0.3 is 5.11 Å². The fraction of sp³-hybridized carbons (Fsp3) is 1.00. The van der Waals surface area contributed by atoms with E-state index in [1.54, 1.807) is 6.92 Å². The Morgan fingerprint density at radius 1 is 1.12 bits per heavy atom. The highest BCUT2D eigenvalue weighted by Gasteiger charge is 2.18. The van der Waals surface area contributed by atoms with Crippen LogP contribution in [0.15, 0.2) is 0 Å². The topological polar surface area (TPSA) is 70.1 Å². The third kappa shape index (κ3) is 5.78. The van der Waals surface area contributed by atoms with Crippen molar-refractivity contribution in [3.63, 3.8) is 0 Å². The van der Waals surface area contributed by atoms with Gasteiger partial charge in [-0.1, -0.05) is 0 Å². The molecule has 102 valence electrons. The lowest BCUT2D eigenvalue weighted by Crippen LogP contribution is -2.48. The lowest BCUT2D eigenvalue weighted by molar-refractivity contribution is 0.116. The van der Waals surface area contributed by atoms with Gasteiger partial charge in [0.1, 0.15) is 0 Å². The summed E-state index contributed by atoms with van der Waals surface area (Å²) in [5.41, 5.74) is 0. The summed E-state index contributed by atoms with van der Waals surface area (Å²) in [6, 6.07) is 0. The molecule has 0 aromatic heterocycles. The van der Waals surface area contributed by atoms with Crippen LogP contribution >= 0.6 is 0 Å². The van der Waals surface area contributed by atoms with Gasteiger partial charge in [-0.2, -0.15) is 8.42 Å². The molecule has 0 radical (unpaired) electrons. The minimum atomic E-state index is -3.35. The molecule has 0 bridgehead atoms. The smallest absolute Gasteiger partial charge is 0.268 e. The average Bonchev–Trinajstić information content (AvgIpc) is 2.29. The minimum absolute atomic E-state index is 0.0564. The highest BCUT2D eigenvalue weighted by atomic mass is 32.2. The first-order valence-corrected chi connectivity index (χ1v) is 7.58. The molecule has 17 heavy (non-hydrogen) atoms. The van der Waals surface area contributed by atoms with Crippen LogP contribution in [0.3, 0.4) is 0 Å². The quantitative estimate of drug-likeness (QED) is 0.594. The maximum absolute atomic E-state index is 11.3. The molecule has 0 aliphatic carbocycles. The first-order chi connectivity index (χ1) is 8.07. The molecule has 1 rings (SSSR count). The van der Waals surface area contributed by atoms with Crippen LogP contribution in [0, 0.1) is 0 Å². The number of aliphatic hydroxyl groups is 1. The van der Waals surface area contributed by atoms with E-state index in [0.717, 1.165) is 26.2 Å². The number of piperazine rings is 1. The molecule has 0 unspecified atom stereocenters. The van der Waals surface area contributed by atoms with Gasteiger partial charge in [-0.15, -0.1) is 0 Å². The fourth-order valence-corrected chi connectivity index (χ4v) is 2.82. The van der Waals surface area contributed by atoms with Crippen molar-refractivity contribution in [2.45, 2.75) is 6.92 Å². The summed E-state index contributed by atoms with van der Waals surface area (Å²) in [5, 5.41) is 8.80. The normalized spacial score (nSPS) is 19.6. The van der Waals surface area contributed by atoms with Gasteiger partial charge in [-0.05, 0) is 6.92 Å². The molecular weight excluding hydrogens is 244 g/mol. The lowest BCUT2D eigenvalue weighted by Gasteiger charge is -2.34. The number of β-amino-alcohol motifs (C(OH)–C–C–N with tert-alkyl or cyclic N) is 1. The third-order valence-corrected chi connectivity index (χ3v) is 4.11. The van der Waals surface area contributed by atoms with Crippen molar-refractivity contribution in [1.82, 2.24) is 9.80 Å². The Morgan fingerprint density at radius 3 is 2.12 bits per heavy atom. The van der Waals surface area contributed by atoms with Crippen LogP contribution in [0.5, 0.6) is 0 Å². The predicted molar refractivity (Wildman–Crippen MR) is 65.4 cm³/mol. The molecule has 6 nitrogen and oxygen atoms in total. The minimum Gasteiger partial charge on any atom is -0.395 e. The molecule has 0 saturated carbocycles. The largest absolute Gasteiger partial charge is 0.395 e. The molecule has 0 aromatic carbocycles. The summed E-state index contributed by atoms with van der Waals surface area (Å²) in [5.74, 6) is 0.0564. The van der Waals surface area contributed by atoms with Crippen molar-refractivity contribution in [3.05, 3.63) is 0 Å². The Balaban J connectivity index is 2.22. The summed E-state index contributed by atoms with van der Waals surface area (Å²) in [6.07, 6.45) is 0. The SMILES string of the molecule is CCOS(=O)(=O)CCN1CCN(CCO)CC1. The molecule has 0 amide bonds. The molecule has 0 spiro atoms. The molecule has 1 aliphatic heterocycles. The standard InChI is InChI=1S/C10H22N2O4S/c1-2-16-17(14,15)10-8-12-5-3-11(4-6-12)7-9-13/h13H,2-10H2,1H3. The summed E-state index contributed by atoms with van der Waals surface area (Å²) < 4.78 is 27.4. The highest BCUT2D eigenvalue weighted by Crippen LogP contribution is 2.02. The van der Waals surface area contributed by atoms with Crippen molar-refractivity contribution in [2.75, 3.05) is 58.2 Å². The molecule has 1 fully saturated rings. The Labute approximate surface area is 103 Å². The maximum atomic E-state index is 11.3. The molecule has 1 heterocycles. The van der Waals surface area contributed by atoms with Crippen LogP contribution in [-0.2, 0) is 14.3 Å². The van der Waals surface area contributed by atoms with E-state index < -0.39 is 10.1 Å². The van der Waals surface area contributed by atoms with Crippen molar-refractivity contribution in [2.24, 2.45) is 0 Å². The van der Waals surface area contributed by atoms with Gasteiger partial charge in [0.15, 0.2) is 0 Å². The second-order valence-corrected chi connectivity index (χ2v) is 5.83. The second kappa shape index (κ2) is 7.27. The number of hydrogen-bond acceptors (Lipinski definition) is 6. The van der Waals surface area contributed by atoms with Gasteiger partial charge in [0.2, 0.25) is 0 Å². The van der Waals surface area contributed by atoms with Crippen LogP contribution < -0.4 is 0 Å². The van der Waals surface area contributed by atoms with E-state index in [9.17, 15) is 8.42 Å². The average molecular weight is 266 g/mol. The first-order valence-electron chi connectivity index (χ1n) is 6.00. The van der Waals surface area contributed by atoms with Crippen LogP contribution in [0.1, 0.15) is 6.92 Å². The Hall–Kier alpha value is -0.210. The first kappa shape index (κ1) is 14.8. The monoisotopic (exact) mass is 266 g/mol. The van der Waals surface area contributed by atoms with E-state index >= 15 is 0 Å². The van der Waals surface area contributed by atoms with E-state index in [0.29, 0.717) is 13.1 Å². The van der Waals surface area contributed by atoms with Crippen molar-refractivity contribution in [1.29, 1.82) is 0 Å². The van der Waals surface area contributed by atoms with E-state index in [4.69, 9.17) is 5.11 Å². The van der Waals surface area contributed by atoms with Gasteiger partial charge in [0.25, 0.3) is 10.1 Å². The maximum Gasteiger partial charge on any atom is 0.268 e. The van der Waals surface area contributed by atoms with E-state index in [1.165, 1.54) is 0 Å². The summed E-state index contributed by atoms with van der Waals surface area (Å²) in [7, 11) is -3.35. The van der Waals surface area contributed by atoms with E-state index in [2.05, 4.69) is 14.0 Å². The second-order valence-electron chi connectivity index (χ2n) is 4.08. The molecule has 1 saturated heterocycles. The summed E-state index contributed by atoms with van der Waals surface area (Å²) >= 11 is 0. The highest BCUT2D eigenvalue weighted by molar-refractivity contribution is 7.86. The molecule has 0 aromatic rings. The lowest BCUT2D eigenvalue weighted by atomic mass is 10.3. The van der Waals surface area contributed by atoms with Gasteiger partial charge in [0, 0.05) is 39.3 Å². The van der Waals surface area contributed by atoms with Gasteiger partial charge in [-0.25, -0.2) is 0 Å². The summed E-state index contributed by atoms with van der Waals surface area (Å²) in [6.45, 7) is 6.74. The van der Waals surface area contributed by atoms with Crippen LogP contribution in [0.25, 0.3) is 0 Å².